The van der Waals surface area contributed by atoms with Crippen molar-refractivity contribution in [3.05, 3.63) is 24.3 Å². The lowest BCUT2D eigenvalue weighted by Gasteiger charge is -2.07. The molecule has 0 fully saturated rings. The summed E-state index contributed by atoms with van der Waals surface area (Å²) < 4.78 is 10.5. The molecule has 0 atom stereocenters. The number of unbranched alkanes of at least 4 members (excludes halogenated alkanes) is 4. The standard InChI is InChI=1S/C20H32N6O4/c21-19(22)25-13-5-1-3-7-17(27)29-15-9-11-16(12-10-15)30-18(28)8-4-2-6-14-26-20(23)24/h9-12H,1-8,13-14H2,(H4,21,22,25)(H4,23,24,26). The van der Waals surface area contributed by atoms with Crippen molar-refractivity contribution in [2.24, 2.45) is 32.9 Å². The second kappa shape index (κ2) is 14.7. The van der Waals surface area contributed by atoms with Gasteiger partial charge in [0.1, 0.15) is 11.5 Å². The number of carbonyl (C=O) groups excluding carboxylic acids is 2. The first-order valence-corrected chi connectivity index (χ1v) is 9.99. The molecule has 0 aromatic heterocycles. The Balaban J connectivity index is 2.21. The Bertz CT molecular complexity index is 650. The van der Waals surface area contributed by atoms with E-state index in [0.29, 0.717) is 50.3 Å². The molecule has 1 rings (SSSR count). The molecule has 0 spiro atoms. The maximum Gasteiger partial charge on any atom is 0.311 e. The molecule has 0 bridgehead atoms. The normalized spacial score (nSPS) is 10.1. The monoisotopic (exact) mass is 420 g/mol. The first-order valence-electron chi connectivity index (χ1n) is 9.99. The van der Waals surface area contributed by atoms with E-state index < -0.39 is 0 Å². The first kappa shape index (κ1) is 24.7. The van der Waals surface area contributed by atoms with Crippen molar-refractivity contribution in [1.29, 1.82) is 0 Å². The summed E-state index contributed by atoms with van der Waals surface area (Å²) in [5.41, 5.74) is 21.0. The van der Waals surface area contributed by atoms with Gasteiger partial charge in [-0.2, -0.15) is 0 Å². The third kappa shape index (κ3) is 13.0. The van der Waals surface area contributed by atoms with E-state index in [4.69, 9.17) is 32.4 Å². The topological polar surface area (TPSA) is 181 Å². The number of rotatable bonds is 14. The zero-order valence-corrected chi connectivity index (χ0v) is 17.2. The number of aliphatic imine (C=N–C) groups is 2. The molecule has 1 aromatic carbocycles. The lowest BCUT2D eigenvalue weighted by atomic mass is 10.2. The Morgan fingerprint density at radius 3 is 1.33 bits per heavy atom. The van der Waals surface area contributed by atoms with Crippen LogP contribution in [0.5, 0.6) is 11.5 Å². The molecule has 0 aliphatic heterocycles. The van der Waals surface area contributed by atoms with Gasteiger partial charge in [-0.3, -0.25) is 19.6 Å². The van der Waals surface area contributed by atoms with Gasteiger partial charge in [-0.15, -0.1) is 0 Å². The van der Waals surface area contributed by atoms with Crippen LogP contribution in [0.15, 0.2) is 34.3 Å². The molecule has 0 unspecified atom stereocenters. The lowest BCUT2D eigenvalue weighted by Crippen LogP contribution is -2.22. The fourth-order valence-electron chi connectivity index (χ4n) is 2.47. The Morgan fingerprint density at radius 2 is 1.00 bits per heavy atom. The minimum Gasteiger partial charge on any atom is -0.427 e. The third-order valence-corrected chi connectivity index (χ3v) is 3.95. The number of guanidine groups is 2. The molecule has 0 aliphatic rings. The van der Waals surface area contributed by atoms with E-state index in [1.165, 1.54) is 0 Å². The Labute approximate surface area is 176 Å². The van der Waals surface area contributed by atoms with E-state index in [1.54, 1.807) is 24.3 Å². The van der Waals surface area contributed by atoms with Gasteiger partial charge in [-0.1, -0.05) is 12.8 Å². The van der Waals surface area contributed by atoms with Gasteiger partial charge in [0.15, 0.2) is 11.9 Å². The molecule has 10 heteroatoms. The molecule has 166 valence electrons. The van der Waals surface area contributed by atoms with Crippen molar-refractivity contribution in [1.82, 2.24) is 0 Å². The smallest absolute Gasteiger partial charge is 0.311 e. The molecule has 10 nitrogen and oxygen atoms in total. The van der Waals surface area contributed by atoms with Crippen LogP contribution in [0.2, 0.25) is 0 Å². The summed E-state index contributed by atoms with van der Waals surface area (Å²) in [6, 6.07) is 6.37. The van der Waals surface area contributed by atoms with Crippen LogP contribution in [0.3, 0.4) is 0 Å². The van der Waals surface area contributed by atoms with Crippen molar-refractivity contribution < 1.29 is 19.1 Å². The second-order valence-electron chi connectivity index (χ2n) is 6.65. The van der Waals surface area contributed by atoms with Crippen LogP contribution in [0.4, 0.5) is 0 Å². The maximum absolute atomic E-state index is 11.8. The number of esters is 2. The lowest BCUT2D eigenvalue weighted by molar-refractivity contribution is -0.135. The quantitative estimate of drug-likeness (QED) is 0.114. The molecule has 1 aromatic rings. The SMILES string of the molecule is NC(N)=NCCCCCC(=O)Oc1ccc(OC(=O)CCCCCN=C(N)N)cc1. The van der Waals surface area contributed by atoms with Crippen LogP contribution in [0.1, 0.15) is 51.4 Å². The summed E-state index contributed by atoms with van der Waals surface area (Å²) >= 11 is 0. The van der Waals surface area contributed by atoms with Gasteiger partial charge in [0.2, 0.25) is 0 Å². The Hall–Kier alpha value is -3.30. The highest BCUT2D eigenvalue weighted by molar-refractivity contribution is 5.76. The number of nitrogens with two attached hydrogens (primary N) is 4. The molecule has 0 saturated heterocycles. The van der Waals surface area contributed by atoms with Gasteiger partial charge in [0.05, 0.1) is 0 Å². The van der Waals surface area contributed by atoms with Crippen molar-refractivity contribution >= 4 is 23.9 Å². The zero-order chi connectivity index (χ0) is 22.2. The third-order valence-electron chi connectivity index (χ3n) is 3.95. The predicted molar refractivity (Wildman–Crippen MR) is 116 cm³/mol. The molecule has 0 saturated carbocycles. The summed E-state index contributed by atoms with van der Waals surface area (Å²) in [7, 11) is 0. The average Bonchev–Trinajstić information content (AvgIpc) is 2.68. The highest BCUT2D eigenvalue weighted by atomic mass is 16.5. The van der Waals surface area contributed by atoms with Gasteiger partial charge in [-0.25, -0.2) is 0 Å². The zero-order valence-electron chi connectivity index (χ0n) is 17.2. The van der Waals surface area contributed by atoms with E-state index in [-0.39, 0.29) is 23.9 Å². The second-order valence-corrected chi connectivity index (χ2v) is 6.65. The minimum atomic E-state index is -0.317. The van der Waals surface area contributed by atoms with Crippen molar-refractivity contribution in [2.45, 2.75) is 51.4 Å². The molecular weight excluding hydrogens is 388 g/mol. The number of carbonyl (C=O) groups is 2. The van der Waals surface area contributed by atoms with Gasteiger partial charge in [-0.05, 0) is 49.9 Å². The molecule has 30 heavy (non-hydrogen) atoms. The fourth-order valence-corrected chi connectivity index (χ4v) is 2.47. The molecule has 8 N–H and O–H groups in total. The van der Waals surface area contributed by atoms with Crippen molar-refractivity contribution in [2.75, 3.05) is 13.1 Å². The summed E-state index contributed by atoms with van der Waals surface area (Å²) in [6.45, 7) is 1.10. The molecular formula is C20H32N6O4. The molecule has 0 aliphatic carbocycles. The minimum absolute atomic E-state index is 0.0723. The van der Waals surface area contributed by atoms with E-state index in [1.807, 2.05) is 0 Å². The highest BCUT2D eigenvalue weighted by Gasteiger charge is 2.07. The number of hydrogen-bond donors (Lipinski definition) is 4. The van der Waals surface area contributed by atoms with Crippen molar-refractivity contribution in [3.8, 4) is 11.5 Å². The largest absolute Gasteiger partial charge is 0.427 e. The van der Waals surface area contributed by atoms with Crippen LogP contribution in [0.25, 0.3) is 0 Å². The van der Waals surface area contributed by atoms with Gasteiger partial charge >= 0.3 is 11.9 Å². The van der Waals surface area contributed by atoms with Crippen LogP contribution < -0.4 is 32.4 Å². The van der Waals surface area contributed by atoms with Crippen LogP contribution >= 0.6 is 0 Å². The van der Waals surface area contributed by atoms with Gasteiger partial charge in [0.25, 0.3) is 0 Å². The van der Waals surface area contributed by atoms with Crippen LogP contribution in [-0.4, -0.2) is 36.9 Å². The van der Waals surface area contributed by atoms with Gasteiger partial charge in [0, 0.05) is 25.9 Å². The Morgan fingerprint density at radius 1 is 0.633 bits per heavy atom. The van der Waals surface area contributed by atoms with Gasteiger partial charge < -0.3 is 32.4 Å². The van der Waals surface area contributed by atoms with Crippen molar-refractivity contribution in [3.63, 3.8) is 0 Å². The van der Waals surface area contributed by atoms with E-state index >= 15 is 0 Å². The first-order chi connectivity index (χ1) is 14.4. The van der Waals surface area contributed by atoms with E-state index in [2.05, 4.69) is 9.98 Å². The highest BCUT2D eigenvalue weighted by Crippen LogP contribution is 2.19. The van der Waals surface area contributed by atoms with E-state index in [0.717, 1.165) is 25.7 Å². The summed E-state index contributed by atoms with van der Waals surface area (Å²) in [6.07, 6.45) is 5.28. The fraction of sp³-hybridized carbons (Fsp3) is 0.500. The number of ether oxygens (including phenoxy) is 2. The summed E-state index contributed by atoms with van der Waals surface area (Å²) in [4.78, 5) is 31.5. The van der Waals surface area contributed by atoms with Crippen LogP contribution in [-0.2, 0) is 9.59 Å². The number of hydrogen-bond acceptors (Lipinski definition) is 6. The maximum atomic E-state index is 11.8. The van der Waals surface area contributed by atoms with Crippen LogP contribution in [0, 0.1) is 0 Å². The Kier molecular flexibility index (Phi) is 12.1. The number of benzene rings is 1. The predicted octanol–water partition coefficient (Wildman–Crippen LogP) is 1.17. The summed E-state index contributed by atoms with van der Waals surface area (Å²) in [5.74, 6) is 0.316. The molecule has 0 radical (unpaired) electrons. The average molecular weight is 421 g/mol. The summed E-state index contributed by atoms with van der Waals surface area (Å²) in [5, 5.41) is 0. The molecule has 0 heterocycles. The molecule has 0 amide bonds. The van der Waals surface area contributed by atoms with E-state index in [9.17, 15) is 9.59 Å². The number of nitrogens with zero attached hydrogens (tertiary/aromatic N) is 2.